The topological polar surface area (TPSA) is 129 Å². The minimum absolute atomic E-state index is 0.00471. The van der Waals surface area contributed by atoms with Crippen molar-refractivity contribution in [1.82, 2.24) is 20.9 Å². The first-order valence-electron chi connectivity index (χ1n) is 14.8. The molecule has 0 aliphatic carbocycles. The maximum atomic E-state index is 13.9. The van der Waals surface area contributed by atoms with Crippen LogP contribution in [-0.4, -0.2) is 72.0 Å². The largest absolute Gasteiger partial charge is 0.467 e. The Labute approximate surface area is 277 Å². The standard InChI is InChI=1S/C31H35F6N5O5S/c1-17(2)25(28(46)47-3)41-24(43)16-38-26(44)23-10-7-11-42(23)27(45)22(12-18-8-5-4-6-9-18)40-29(48)39-21-14-19(30(32,33)34)13-20(15-21)31(35,36)37/h4-6,8-9,13-15,17,22-23,25H,7,10-12,16H2,1-3H3,(H,38,44)(H,41,43)(H2,39,40,48)/t22?,23-,25+/m1/s1. The summed E-state index contributed by atoms with van der Waals surface area (Å²) in [7, 11) is 1.18. The van der Waals surface area contributed by atoms with Gasteiger partial charge in [0.25, 0.3) is 0 Å². The second-order valence-corrected chi connectivity index (χ2v) is 11.8. The number of carbonyl (C=O) groups excluding carboxylic acids is 4. The van der Waals surface area contributed by atoms with E-state index in [4.69, 9.17) is 12.2 Å². The van der Waals surface area contributed by atoms with Crippen molar-refractivity contribution < 1.29 is 50.3 Å². The van der Waals surface area contributed by atoms with Gasteiger partial charge in [0, 0.05) is 18.7 Å². The van der Waals surface area contributed by atoms with E-state index < -0.39 is 82.6 Å². The molecule has 48 heavy (non-hydrogen) atoms. The molecule has 262 valence electrons. The van der Waals surface area contributed by atoms with E-state index in [1.165, 1.54) is 12.0 Å². The van der Waals surface area contributed by atoms with Crippen molar-refractivity contribution in [3.05, 3.63) is 65.2 Å². The average molecular weight is 704 g/mol. The highest BCUT2D eigenvalue weighted by molar-refractivity contribution is 7.80. The van der Waals surface area contributed by atoms with Crippen molar-refractivity contribution in [3.8, 4) is 0 Å². The molecule has 0 radical (unpaired) electrons. The molecule has 1 unspecified atom stereocenters. The van der Waals surface area contributed by atoms with Gasteiger partial charge in [0.1, 0.15) is 18.1 Å². The average Bonchev–Trinajstić information content (AvgIpc) is 3.51. The van der Waals surface area contributed by atoms with Gasteiger partial charge in [-0.2, -0.15) is 26.3 Å². The molecule has 0 aromatic heterocycles. The van der Waals surface area contributed by atoms with Crippen LogP contribution in [0.5, 0.6) is 0 Å². The molecule has 3 atom stereocenters. The van der Waals surface area contributed by atoms with Gasteiger partial charge < -0.3 is 30.9 Å². The summed E-state index contributed by atoms with van der Waals surface area (Å²) in [6, 6.07) is 6.32. The molecule has 2 aromatic carbocycles. The van der Waals surface area contributed by atoms with Crippen LogP contribution < -0.4 is 21.3 Å². The Kier molecular flexibility index (Phi) is 12.8. The van der Waals surface area contributed by atoms with Gasteiger partial charge in [-0.3, -0.25) is 14.4 Å². The Balaban J connectivity index is 1.77. The molecule has 2 aromatic rings. The van der Waals surface area contributed by atoms with Crippen LogP contribution in [0.3, 0.4) is 0 Å². The number of nitrogens with zero attached hydrogens (tertiary/aromatic N) is 1. The maximum absolute atomic E-state index is 13.9. The lowest BCUT2D eigenvalue weighted by molar-refractivity contribution is -0.146. The van der Waals surface area contributed by atoms with Crippen LogP contribution in [0.25, 0.3) is 0 Å². The van der Waals surface area contributed by atoms with Crippen LogP contribution in [0.2, 0.25) is 0 Å². The van der Waals surface area contributed by atoms with Crippen molar-refractivity contribution in [2.24, 2.45) is 5.92 Å². The number of rotatable bonds is 11. The molecule has 0 saturated carbocycles. The molecule has 0 bridgehead atoms. The lowest BCUT2D eigenvalue weighted by atomic mass is 10.0. The van der Waals surface area contributed by atoms with E-state index in [0.29, 0.717) is 24.1 Å². The van der Waals surface area contributed by atoms with Gasteiger partial charge in [0.05, 0.1) is 24.8 Å². The van der Waals surface area contributed by atoms with Crippen LogP contribution in [0.15, 0.2) is 48.5 Å². The van der Waals surface area contributed by atoms with Gasteiger partial charge in [-0.25, -0.2) is 4.79 Å². The number of hydrogen-bond donors (Lipinski definition) is 4. The van der Waals surface area contributed by atoms with Gasteiger partial charge in [-0.05, 0) is 54.7 Å². The fourth-order valence-electron chi connectivity index (χ4n) is 5.04. The number of ether oxygens (including phenoxy) is 1. The van der Waals surface area contributed by atoms with E-state index in [1.807, 2.05) is 0 Å². The SMILES string of the molecule is COC(=O)[C@@H](NC(=O)CNC(=O)[C@H]1CCCN1C(=O)C(Cc1ccccc1)NC(=S)Nc1cc(C(F)(F)F)cc(C(F)(F)F)c1)C(C)C. The number of nitrogens with one attached hydrogen (secondary N) is 4. The van der Waals surface area contributed by atoms with Crippen molar-refractivity contribution in [2.75, 3.05) is 25.5 Å². The number of hydrogen-bond acceptors (Lipinski definition) is 6. The lowest BCUT2D eigenvalue weighted by Gasteiger charge is -2.29. The highest BCUT2D eigenvalue weighted by Gasteiger charge is 2.39. The third kappa shape index (κ3) is 10.6. The zero-order valence-electron chi connectivity index (χ0n) is 26.1. The number of halogens is 6. The summed E-state index contributed by atoms with van der Waals surface area (Å²) >= 11 is 5.21. The van der Waals surface area contributed by atoms with E-state index in [9.17, 15) is 45.5 Å². The normalized spacial score (nSPS) is 16.1. The summed E-state index contributed by atoms with van der Waals surface area (Å²) in [4.78, 5) is 52.7. The van der Waals surface area contributed by atoms with Gasteiger partial charge in [0.15, 0.2) is 5.11 Å². The zero-order valence-corrected chi connectivity index (χ0v) is 26.9. The van der Waals surface area contributed by atoms with E-state index in [1.54, 1.807) is 44.2 Å². The summed E-state index contributed by atoms with van der Waals surface area (Å²) in [5.41, 5.74) is -3.07. The van der Waals surface area contributed by atoms with E-state index in [0.717, 1.165) is 0 Å². The quantitative estimate of drug-likeness (QED) is 0.157. The number of benzene rings is 2. The number of likely N-dealkylation sites (tertiary alicyclic amines) is 1. The van der Waals surface area contributed by atoms with Crippen molar-refractivity contribution in [2.45, 2.75) is 63.6 Å². The van der Waals surface area contributed by atoms with Crippen molar-refractivity contribution >= 4 is 46.7 Å². The van der Waals surface area contributed by atoms with Crippen LogP contribution in [-0.2, 0) is 42.7 Å². The number of anilines is 1. The molecule has 3 rings (SSSR count). The van der Waals surface area contributed by atoms with Gasteiger partial charge >= 0.3 is 18.3 Å². The Morgan fingerprint density at radius 3 is 2.10 bits per heavy atom. The predicted molar refractivity (Wildman–Crippen MR) is 166 cm³/mol. The molecular formula is C31H35F6N5O5S. The van der Waals surface area contributed by atoms with E-state index in [2.05, 4.69) is 26.0 Å². The first-order valence-corrected chi connectivity index (χ1v) is 15.2. The maximum Gasteiger partial charge on any atom is 0.416 e. The molecule has 1 fully saturated rings. The second kappa shape index (κ2) is 16.1. The minimum Gasteiger partial charge on any atom is -0.467 e. The highest BCUT2D eigenvalue weighted by Crippen LogP contribution is 2.37. The number of thiocarbonyl (C=S) groups is 1. The van der Waals surface area contributed by atoms with Crippen LogP contribution in [0, 0.1) is 5.92 Å². The molecule has 1 aliphatic rings. The van der Waals surface area contributed by atoms with E-state index in [-0.39, 0.29) is 31.4 Å². The Hall–Kier alpha value is -4.41. The molecule has 1 heterocycles. The summed E-state index contributed by atoms with van der Waals surface area (Å²) < 4.78 is 84.9. The van der Waals surface area contributed by atoms with E-state index >= 15 is 0 Å². The summed E-state index contributed by atoms with van der Waals surface area (Å²) in [5, 5.41) is 9.54. The smallest absolute Gasteiger partial charge is 0.416 e. The lowest BCUT2D eigenvalue weighted by Crippen LogP contribution is -2.55. The molecule has 4 N–H and O–H groups in total. The van der Waals surface area contributed by atoms with Gasteiger partial charge in [-0.1, -0.05) is 44.2 Å². The molecule has 0 spiro atoms. The van der Waals surface area contributed by atoms with Gasteiger partial charge in [-0.15, -0.1) is 0 Å². The zero-order chi connectivity index (χ0) is 35.8. The minimum atomic E-state index is -5.08. The summed E-state index contributed by atoms with van der Waals surface area (Å²) in [6.45, 7) is 3.05. The Bertz CT molecular complexity index is 1460. The third-order valence-electron chi connectivity index (χ3n) is 7.43. The summed E-state index contributed by atoms with van der Waals surface area (Å²) in [6.07, 6.45) is -9.49. The molecular weight excluding hydrogens is 668 g/mol. The van der Waals surface area contributed by atoms with Crippen LogP contribution in [0.1, 0.15) is 43.4 Å². The molecule has 1 saturated heterocycles. The number of methoxy groups -OCH3 is 1. The third-order valence-corrected chi connectivity index (χ3v) is 7.65. The van der Waals surface area contributed by atoms with Crippen molar-refractivity contribution in [1.29, 1.82) is 0 Å². The van der Waals surface area contributed by atoms with Crippen LogP contribution >= 0.6 is 12.2 Å². The monoisotopic (exact) mass is 703 g/mol. The number of carbonyl (C=O) groups is 4. The number of esters is 1. The highest BCUT2D eigenvalue weighted by atomic mass is 32.1. The Morgan fingerprint density at radius 1 is 0.958 bits per heavy atom. The fraction of sp³-hybridized carbons (Fsp3) is 0.452. The molecule has 3 amide bonds. The van der Waals surface area contributed by atoms with Gasteiger partial charge in [0.2, 0.25) is 17.7 Å². The Morgan fingerprint density at radius 2 is 1.56 bits per heavy atom. The molecule has 10 nitrogen and oxygen atoms in total. The first-order chi connectivity index (χ1) is 22.4. The fourth-order valence-corrected chi connectivity index (χ4v) is 5.30. The second-order valence-electron chi connectivity index (χ2n) is 11.4. The van der Waals surface area contributed by atoms with Crippen molar-refractivity contribution in [3.63, 3.8) is 0 Å². The molecule has 17 heteroatoms. The van der Waals surface area contributed by atoms with Crippen LogP contribution in [0.4, 0.5) is 32.0 Å². The number of amides is 3. The summed E-state index contributed by atoms with van der Waals surface area (Å²) in [5.74, 6) is -2.87. The molecule has 1 aliphatic heterocycles. The first kappa shape index (κ1) is 38.0. The predicted octanol–water partition coefficient (Wildman–Crippen LogP) is 4.04. The number of alkyl halides is 6.